The van der Waals surface area contributed by atoms with Crippen molar-refractivity contribution in [2.75, 3.05) is 0 Å². The lowest BCUT2D eigenvalue weighted by Crippen LogP contribution is -2.07. The normalized spacial score (nSPS) is 13.2. The molecule has 0 unspecified atom stereocenters. The first-order chi connectivity index (χ1) is 9.99. The Hall–Kier alpha value is -2.04. The molecule has 1 N–H and O–H groups in total. The predicted octanol–water partition coefficient (Wildman–Crippen LogP) is 4.33. The van der Waals surface area contributed by atoms with Gasteiger partial charge in [-0.25, -0.2) is 0 Å². The lowest BCUT2D eigenvalue weighted by atomic mass is 9.96. The summed E-state index contributed by atoms with van der Waals surface area (Å²) in [5.41, 5.74) is 5.64. The maximum Gasteiger partial charge on any atom is 0.0924 e. The minimum Gasteiger partial charge on any atom is -0.387 e. The largest absolute Gasteiger partial charge is 0.387 e. The van der Waals surface area contributed by atoms with Gasteiger partial charge in [-0.05, 0) is 44.4 Å². The van der Waals surface area contributed by atoms with Crippen LogP contribution in [0.15, 0.2) is 42.5 Å². The van der Waals surface area contributed by atoms with Gasteiger partial charge in [0.15, 0.2) is 0 Å². The van der Waals surface area contributed by atoms with Crippen molar-refractivity contribution in [3.05, 3.63) is 70.3 Å². The first-order valence-electron chi connectivity index (χ1n) is 7.31. The van der Waals surface area contributed by atoms with Crippen LogP contribution in [0.5, 0.6) is 0 Å². The van der Waals surface area contributed by atoms with Crippen molar-refractivity contribution >= 4 is 0 Å². The third kappa shape index (κ3) is 3.74. The van der Waals surface area contributed by atoms with Crippen LogP contribution in [0.4, 0.5) is 0 Å². The highest BCUT2D eigenvalue weighted by atomic mass is 16.3. The minimum absolute atomic E-state index is 0.104. The molecule has 0 aliphatic heterocycles. The van der Waals surface area contributed by atoms with Crippen LogP contribution in [-0.4, -0.2) is 5.11 Å². The van der Waals surface area contributed by atoms with Crippen LogP contribution < -0.4 is 0 Å². The summed E-state index contributed by atoms with van der Waals surface area (Å²) in [6.45, 7) is 8.23. The topological polar surface area (TPSA) is 20.2 Å². The number of hydrogen-bond acceptors (Lipinski definition) is 1. The molecule has 108 valence electrons. The number of aliphatic hydroxyl groups excluding tert-OH is 1. The smallest absolute Gasteiger partial charge is 0.0924 e. The van der Waals surface area contributed by atoms with E-state index in [0.29, 0.717) is 0 Å². The van der Waals surface area contributed by atoms with Crippen LogP contribution >= 0.6 is 0 Å². The standard InChI is InChI=1S/C20H22O/c1-14-12-16(3)19(17(4)13-14)11-10-15(2)20(21)18-8-6-5-7-9-18/h5-9,12-13,15,20-21H,1-4H3/t15-,20-/m0/s1. The molecule has 1 heteroatoms. The zero-order valence-electron chi connectivity index (χ0n) is 13.1. The van der Waals surface area contributed by atoms with Crippen molar-refractivity contribution < 1.29 is 5.11 Å². The first-order valence-corrected chi connectivity index (χ1v) is 7.31. The molecular formula is C20H22O. The van der Waals surface area contributed by atoms with Crippen LogP contribution in [0, 0.1) is 38.5 Å². The summed E-state index contributed by atoms with van der Waals surface area (Å²) < 4.78 is 0. The summed E-state index contributed by atoms with van der Waals surface area (Å²) in [7, 11) is 0. The summed E-state index contributed by atoms with van der Waals surface area (Å²) in [6, 6.07) is 14.0. The number of hydrogen-bond donors (Lipinski definition) is 1. The lowest BCUT2D eigenvalue weighted by Gasteiger charge is -2.14. The van der Waals surface area contributed by atoms with Crippen LogP contribution in [0.2, 0.25) is 0 Å². The Balaban J connectivity index is 2.23. The number of rotatable bonds is 2. The van der Waals surface area contributed by atoms with Crippen LogP contribution in [0.25, 0.3) is 0 Å². The zero-order chi connectivity index (χ0) is 15.4. The van der Waals surface area contributed by atoms with Crippen LogP contribution in [0.1, 0.15) is 40.8 Å². The SMILES string of the molecule is Cc1cc(C)c(C#C[C@H](C)[C@H](O)c2ccccc2)c(C)c1. The molecule has 0 aliphatic rings. The Morgan fingerprint density at radius 2 is 1.52 bits per heavy atom. The van der Waals surface area contributed by atoms with E-state index in [1.165, 1.54) is 16.7 Å². The monoisotopic (exact) mass is 278 g/mol. The Morgan fingerprint density at radius 1 is 0.952 bits per heavy atom. The van der Waals surface area contributed by atoms with Gasteiger partial charge >= 0.3 is 0 Å². The number of benzene rings is 2. The summed E-state index contributed by atoms with van der Waals surface area (Å²) in [4.78, 5) is 0. The van der Waals surface area contributed by atoms with Crippen LogP contribution in [0.3, 0.4) is 0 Å². The second-order valence-corrected chi connectivity index (χ2v) is 5.69. The highest BCUT2D eigenvalue weighted by Crippen LogP contribution is 2.21. The third-order valence-corrected chi connectivity index (χ3v) is 3.72. The lowest BCUT2D eigenvalue weighted by molar-refractivity contribution is 0.143. The van der Waals surface area contributed by atoms with Gasteiger partial charge in [-0.2, -0.15) is 0 Å². The molecule has 0 saturated carbocycles. The van der Waals surface area contributed by atoms with Gasteiger partial charge in [-0.15, -0.1) is 0 Å². The molecule has 0 aromatic heterocycles. The van der Waals surface area contributed by atoms with E-state index in [1.54, 1.807) is 0 Å². The average molecular weight is 278 g/mol. The van der Waals surface area contributed by atoms with Gasteiger partial charge in [0.1, 0.15) is 0 Å². The Kier molecular flexibility index (Phi) is 4.83. The first kappa shape index (κ1) is 15.4. The molecule has 2 aromatic carbocycles. The van der Waals surface area contributed by atoms with E-state index < -0.39 is 6.10 Å². The van der Waals surface area contributed by atoms with Gasteiger partial charge in [0.25, 0.3) is 0 Å². The van der Waals surface area contributed by atoms with Gasteiger partial charge in [0.2, 0.25) is 0 Å². The second-order valence-electron chi connectivity index (χ2n) is 5.69. The van der Waals surface area contributed by atoms with E-state index in [4.69, 9.17) is 0 Å². The van der Waals surface area contributed by atoms with Gasteiger partial charge in [-0.3, -0.25) is 0 Å². The second kappa shape index (κ2) is 6.61. The maximum atomic E-state index is 10.3. The highest BCUT2D eigenvalue weighted by molar-refractivity contribution is 5.48. The molecule has 0 spiro atoms. The van der Waals surface area contributed by atoms with Crippen molar-refractivity contribution in [1.82, 2.24) is 0 Å². The van der Waals surface area contributed by atoms with E-state index in [0.717, 1.165) is 11.1 Å². The van der Waals surface area contributed by atoms with Gasteiger partial charge in [0, 0.05) is 11.5 Å². The molecule has 0 saturated heterocycles. The minimum atomic E-state index is -0.551. The van der Waals surface area contributed by atoms with E-state index in [-0.39, 0.29) is 5.92 Å². The van der Waals surface area contributed by atoms with E-state index in [1.807, 2.05) is 37.3 Å². The summed E-state index contributed by atoms with van der Waals surface area (Å²) in [6.07, 6.45) is -0.551. The number of aliphatic hydroxyl groups is 1. The average Bonchev–Trinajstić information content (AvgIpc) is 2.46. The molecular weight excluding hydrogens is 256 g/mol. The summed E-state index contributed by atoms with van der Waals surface area (Å²) in [5.74, 6) is 6.34. The Bertz CT molecular complexity index is 651. The molecule has 21 heavy (non-hydrogen) atoms. The molecule has 2 aromatic rings. The molecule has 0 heterocycles. The fourth-order valence-corrected chi connectivity index (χ4v) is 2.58. The van der Waals surface area contributed by atoms with E-state index >= 15 is 0 Å². The summed E-state index contributed by atoms with van der Waals surface area (Å²) >= 11 is 0. The quantitative estimate of drug-likeness (QED) is 0.811. The zero-order valence-corrected chi connectivity index (χ0v) is 13.1. The third-order valence-electron chi connectivity index (χ3n) is 3.72. The molecule has 1 nitrogen and oxygen atoms in total. The molecule has 2 rings (SSSR count). The van der Waals surface area contributed by atoms with Crippen molar-refractivity contribution in [1.29, 1.82) is 0 Å². The fraction of sp³-hybridized carbons (Fsp3) is 0.300. The summed E-state index contributed by atoms with van der Waals surface area (Å²) in [5, 5.41) is 10.3. The van der Waals surface area contributed by atoms with E-state index in [9.17, 15) is 5.11 Å². The van der Waals surface area contributed by atoms with Crippen molar-refractivity contribution in [2.24, 2.45) is 5.92 Å². The molecule has 0 radical (unpaired) electrons. The molecule has 2 atom stereocenters. The predicted molar refractivity (Wildman–Crippen MR) is 88.1 cm³/mol. The fourth-order valence-electron chi connectivity index (χ4n) is 2.58. The van der Waals surface area contributed by atoms with Crippen molar-refractivity contribution in [3.63, 3.8) is 0 Å². The van der Waals surface area contributed by atoms with Gasteiger partial charge in [-0.1, -0.05) is 59.9 Å². The van der Waals surface area contributed by atoms with E-state index in [2.05, 4.69) is 44.7 Å². The Morgan fingerprint density at radius 3 is 2.10 bits per heavy atom. The van der Waals surface area contributed by atoms with Gasteiger partial charge < -0.3 is 5.11 Å². The Labute approximate surface area is 127 Å². The number of aryl methyl sites for hydroxylation is 3. The van der Waals surface area contributed by atoms with Crippen LogP contribution in [-0.2, 0) is 0 Å². The molecule has 0 bridgehead atoms. The molecule has 0 fully saturated rings. The maximum absolute atomic E-state index is 10.3. The van der Waals surface area contributed by atoms with Gasteiger partial charge in [0.05, 0.1) is 6.10 Å². The van der Waals surface area contributed by atoms with Crippen molar-refractivity contribution in [2.45, 2.75) is 33.8 Å². The highest BCUT2D eigenvalue weighted by Gasteiger charge is 2.13. The van der Waals surface area contributed by atoms with Crippen molar-refractivity contribution in [3.8, 4) is 11.8 Å². The molecule has 0 amide bonds. The molecule has 0 aliphatic carbocycles.